The van der Waals surface area contributed by atoms with Gasteiger partial charge in [0.05, 0.1) is 12.3 Å². The topological polar surface area (TPSA) is 99.2 Å². The molecule has 0 unspecified atom stereocenters. The SMILES string of the molecule is CCCCNC(=O)Cn1cc(N)c(C(=O)OCC)n1. The Morgan fingerprint density at radius 3 is 2.84 bits per heavy atom. The summed E-state index contributed by atoms with van der Waals surface area (Å²) in [6.45, 7) is 4.67. The number of nitrogens with one attached hydrogen (secondary N) is 1. The molecule has 0 atom stereocenters. The number of hydrogen-bond donors (Lipinski definition) is 2. The number of nitrogen functional groups attached to an aromatic ring is 1. The Hall–Kier alpha value is -2.05. The summed E-state index contributed by atoms with van der Waals surface area (Å²) in [5, 5.41) is 6.71. The highest BCUT2D eigenvalue weighted by Crippen LogP contribution is 2.10. The van der Waals surface area contributed by atoms with Crippen LogP contribution >= 0.6 is 0 Å². The van der Waals surface area contributed by atoms with Crippen molar-refractivity contribution in [2.24, 2.45) is 0 Å². The maximum Gasteiger partial charge on any atom is 0.361 e. The molecule has 1 amide bonds. The number of aromatic nitrogens is 2. The molecule has 0 spiro atoms. The van der Waals surface area contributed by atoms with Crippen LogP contribution in [0.3, 0.4) is 0 Å². The predicted molar refractivity (Wildman–Crippen MR) is 70.5 cm³/mol. The number of nitrogens with two attached hydrogens (primary N) is 1. The van der Waals surface area contributed by atoms with Gasteiger partial charge >= 0.3 is 5.97 Å². The molecule has 0 bridgehead atoms. The number of esters is 1. The van der Waals surface area contributed by atoms with E-state index in [1.54, 1.807) is 6.92 Å². The Balaban J connectivity index is 2.58. The molecule has 3 N–H and O–H groups in total. The van der Waals surface area contributed by atoms with E-state index in [2.05, 4.69) is 10.4 Å². The van der Waals surface area contributed by atoms with E-state index < -0.39 is 5.97 Å². The maximum absolute atomic E-state index is 11.6. The van der Waals surface area contributed by atoms with Gasteiger partial charge in [-0.2, -0.15) is 5.10 Å². The zero-order valence-corrected chi connectivity index (χ0v) is 11.3. The summed E-state index contributed by atoms with van der Waals surface area (Å²) in [7, 11) is 0. The van der Waals surface area contributed by atoms with Crippen molar-refractivity contribution >= 4 is 17.6 Å². The molecule has 106 valence electrons. The van der Waals surface area contributed by atoms with Gasteiger partial charge in [-0.15, -0.1) is 0 Å². The number of rotatable bonds is 7. The number of amides is 1. The molecule has 19 heavy (non-hydrogen) atoms. The summed E-state index contributed by atoms with van der Waals surface area (Å²) in [5.74, 6) is -0.739. The Morgan fingerprint density at radius 1 is 1.47 bits per heavy atom. The molecule has 7 nitrogen and oxygen atoms in total. The van der Waals surface area contributed by atoms with Crippen LogP contribution in [0.4, 0.5) is 5.69 Å². The third kappa shape index (κ3) is 4.61. The first-order valence-electron chi connectivity index (χ1n) is 6.35. The molecular formula is C12H20N4O3. The third-order valence-electron chi connectivity index (χ3n) is 2.42. The van der Waals surface area contributed by atoms with E-state index in [1.807, 2.05) is 6.92 Å². The number of hydrogen-bond acceptors (Lipinski definition) is 5. The van der Waals surface area contributed by atoms with Crippen molar-refractivity contribution in [3.8, 4) is 0 Å². The lowest BCUT2D eigenvalue weighted by Gasteiger charge is -2.03. The summed E-state index contributed by atoms with van der Waals surface area (Å²) in [5.41, 5.74) is 5.91. The number of anilines is 1. The van der Waals surface area contributed by atoms with Gasteiger partial charge in [0.25, 0.3) is 0 Å². The minimum atomic E-state index is -0.579. The molecule has 0 saturated carbocycles. The number of nitrogens with zero attached hydrogens (tertiary/aromatic N) is 2. The van der Waals surface area contributed by atoms with Crippen molar-refractivity contribution in [1.82, 2.24) is 15.1 Å². The third-order valence-corrected chi connectivity index (χ3v) is 2.42. The van der Waals surface area contributed by atoms with E-state index in [9.17, 15) is 9.59 Å². The fraction of sp³-hybridized carbons (Fsp3) is 0.583. The second kappa shape index (κ2) is 7.40. The Bertz CT molecular complexity index is 442. The minimum Gasteiger partial charge on any atom is -0.461 e. The van der Waals surface area contributed by atoms with E-state index in [-0.39, 0.29) is 30.4 Å². The van der Waals surface area contributed by atoms with Crippen LogP contribution < -0.4 is 11.1 Å². The van der Waals surface area contributed by atoms with Gasteiger partial charge in [0.1, 0.15) is 6.54 Å². The molecule has 0 aliphatic rings. The van der Waals surface area contributed by atoms with Gasteiger partial charge in [-0.3, -0.25) is 9.48 Å². The lowest BCUT2D eigenvalue weighted by atomic mass is 10.3. The molecule has 0 aliphatic heterocycles. The molecule has 0 fully saturated rings. The van der Waals surface area contributed by atoms with Crippen LogP contribution in [-0.2, 0) is 16.1 Å². The van der Waals surface area contributed by atoms with Gasteiger partial charge in [-0.1, -0.05) is 13.3 Å². The van der Waals surface area contributed by atoms with Crippen molar-refractivity contribution in [3.63, 3.8) is 0 Å². The van der Waals surface area contributed by atoms with Crippen molar-refractivity contribution in [2.75, 3.05) is 18.9 Å². The predicted octanol–water partition coefficient (Wildman–Crippen LogP) is 0.558. The number of carbonyl (C=O) groups excluding carboxylic acids is 2. The Morgan fingerprint density at radius 2 is 2.21 bits per heavy atom. The Labute approximate surface area is 112 Å². The molecule has 1 aromatic rings. The zero-order chi connectivity index (χ0) is 14.3. The average Bonchev–Trinajstić information content (AvgIpc) is 2.71. The second-order valence-electron chi connectivity index (χ2n) is 4.05. The molecule has 0 radical (unpaired) electrons. The molecule has 1 rings (SSSR count). The highest BCUT2D eigenvalue weighted by molar-refractivity contribution is 5.92. The van der Waals surface area contributed by atoms with Crippen molar-refractivity contribution in [2.45, 2.75) is 33.2 Å². The number of ether oxygens (including phenoxy) is 1. The number of unbranched alkanes of at least 4 members (excludes halogenated alkanes) is 1. The van der Waals surface area contributed by atoms with Gasteiger partial charge in [-0.25, -0.2) is 4.79 Å². The second-order valence-corrected chi connectivity index (χ2v) is 4.05. The van der Waals surface area contributed by atoms with E-state index >= 15 is 0 Å². The molecule has 1 heterocycles. The lowest BCUT2D eigenvalue weighted by Crippen LogP contribution is -2.28. The van der Waals surface area contributed by atoms with E-state index in [1.165, 1.54) is 10.9 Å². The maximum atomic E-state index is 11.6. The zero-order valence-electron chi connectivity index (χ0n) is 11.3. The van der Waals surface area contributed by atoms with Gasteiger partial charge in [0, 0.05) is 12.7 Å². The quantitative estimate of drug-likeness (QED) is 0.556. The van der Waals surface area contributed by atoms with Crippen molar-refractivity contribution < 1.29 is 14.3 Å². The van der Waals surface area contributed by atoms with Crippen LogP contribution in [0.2, 0.25) is 0 Å². The largest absolute Gasteiger partial charge is 0.461 e. The first kappa shape index (κ1) is 15.0. The van der Waals surface area contributed by atoms with Gasteiger partial charge in [0.15, 0.2) is 5.69 Å². The minimum absolute atomic E-state index is 0.0350. The van der Waals surface area contributed by atoms with Gasteiger partial charge in [0.2, 0.25) is 5.91 Å². The summed E-state index contributed by atoms with van der Waals surface area (Å²) < 4.78 is 6.15. The first-order valence-corrected chi connectivity index (χ1v) is 6.35. The molecular weight excluding hydrogens is 248 g/mol. The molecule has 0 saturated heterocycles. The summed E-state index contributed by atoms with van der Waals surface area (Å²) >= 11 is 0. The first-order chi connectivity index (χ1) is 9.08. The molecule has 0 aliphatic carbocycles. The van der Waals surface area contributed by atoms with Crippen LogP contribution in [0.25, 0.3) is 0 Å². The van der Waals surface area contributed by atoms with Crippen LogP contribution in [0.15, 0.2) is 6.20 Å². The fourth-order valence-electron chi connectivity index (χ4n) is 1.48. The van der Waals surface area contributed by atoms with E-state index in [0.717, 1.165) is 12.8 Å². The van der Waals surface area contributed by atoms with Crippen LogP contribution in [0, 0.1) is 0 Å². The Kier molecular flexibility index (Phi) is 5.84. The average molecular weight is 268 g/mol. The van der Waals surface area contributed by atoms with Gasteiger partial charge in [-0.05, 0) is 13.3 Å². The van der Waals surface area contributed by atoms with Gasteiger partial charge < -0.3 is 15.8 Å². The lowest BCUT2D eigenvalue weighted by molar-refractivity contribution is -0.121. The summed E-state index contributed by atoms with van der Waals surface area (Å²) in [6.07, 6.45) is 3.40. The fourth-order valence-corrected chi connectivity index (χ4v) is 1.48. The summed E-state index contributed by atoms with van der Waals surface area (Å²) in [4.78, 5) is 23.1. The standard InChI is InChI=1S/C12H20N4O3/c1-3-5-6-14-10(17)8-16-7-9(13)11(15-16)12(18)19-4-2/h7H,3-6,8,13H2,1-2H3,(H,14,17). The van der Waals surface area contributed by atoms with Crippen LogP contribution in [0.1, 0.15) is 37.2 Å². The number of carbonyl (C=O) groups is 2. The van der Waals surface area contributed by atoms with E-state index in [0.29, 0.717) is 6.54 Å². The van der Waals surface area contributed by atoms with Crippen LogP contribution in [0.5, 0.6) is 0 Å². The highest BCUT2D eigenvalue weighted by Gasteiger charge is 2.16. The van der Waals surface area contributed by atoms with E-state index in [4.69, 9.17) is 10.5 Å². The molecule has 7 heteroatoms. The monoisotopic (exact) mass is 268 g/mol. The smallest absolute Gasteiger partial charge is 0.361 e. The van der Waals surface area contributed by atoms with Crippen molar-refractivity contribution in [1.29, 1.82) is 0 Å². The highest BCUT2D eigenvalue weighted by atomic mass is 16.5. The summed E-state index contributed by atoms with van der Waals surface area (Å²) in [6, 6.07) is 0. The van der Waals surface area contributed by atoms with Crippen molar-refractivity contribution in [3.05, 3.63) is 11.9 Å². The molecule has 0 aromatic carbocycles. The molecule has 1 aromatic heterocycles. The normalized spacial score (nSPS) is 10.2. The van der Waals surface area contributed by atoms with Crippen LogP contribution in [-0.4, -0.2) is 34.8 Å².